The van der Waals surface area contributed by atoms with Crippen molar-refractivity contribution in [1.82, 2.24) is 14.7 Å². The molecule has 17 heavy (non-hydrogen) atoms. The number of hydrogen-bond acceptors (Lipinski definition) is 3. The minimum atomic E-state index is -0.749. The summed E-state index contributed by atoms with van der Waals surface area (Å²) in [5.41, 5.74) is 1.000. The molecule has 1 saturated heterocycles. The van der Waals surface area contributed by atoms with E-state index in [9.17, 15) is 4.79 Å². The first-order valence-corrected chi connectivity index (χ1v) is 6.05. The lowest BCUT2D eigenvalue weighted by molar-refractivity contribution is -0.138. The standard InChI is InChI=1S/C12H19N3O2/c1-9-5-7-15(13-9)10(2)11-4-3-6-14(11)8-12(16)17/h5,7,10-11H,3-4,6,8H2,1-2H3,(H,16,17)/t10-,11+/m1/s1. The summed E-state index contributed by atoms with van der Waals surface area (Å²) < 4.78 is 1.94. The van der Waals surface area contributed by atoms with E-state index in [1.165, 1.54) is 0 Å². The second-order valence-electron chi connectivity index (χ2n) is 4.75. The van der Waals surface area contributed by atoms with Crippen molar-refractivity contribution >= 4 is 5.97 Å². The van der Waals surface area contributed by atoms with Crippen LogP contribution in [0.25, 0.3) is 0 Å². The highest BCUT2D eigenvalue weighted by molar-refractivity contribution is 5.69. The van der Waals surface area contributed by atoms with Crippen molar-refractivity contribution in [3.8, 4) is 0 Å². The predicted octanol–water partition coefficient (Wildman–Crippen LogP) is 1.30. The second-order valence-corrected chi connectivity index (χ2v) is 4.75. The maximum Gasteiger partial charge on any atom is 0.317 e. The van der Waals surface area contributed by atoms with Gasteiger partial charge in [0, 0.05) is 12.2 Å². The Kier molecular flexibility index (Phi) is 3.47. The van der Waals surface area contributed by atoms with Crippen molar-refractivity contribution in [2.75, 3.05) is 13.1 Å². The summed E-state index contributed by atoms with van der Waals surface area (Å²) >= 11 is 0. The van der Waals surface area contributed by atoms with Crippen molar-refractivity contribution in [2.24, 2.45) is 0 Å². The normalized spacial score (nSPS) is 22.8. The molecule has 2 atom stereocenters. The van der Waals surface area contributed by atoms with Gasteiger partial charge in [-0.15, -0.1) is 0 Å². The molecule has 5 heteroatoms. The van der Waals surface area contributed by atoms with Crippen LogP contribution in [0.3, 0.4) is 0 Å². The average Bonchev–Trinajstić information content (AvgIpc) is 2.85. The van der Waals surface area contributed by atoms with Crippen molar-refractivity contribution in [1.29, 1.82) is 0 Å². The predicted molar refractivity (Wildman–Crippen MR) is 63.9 cm³/mol. The van der Waals surface area contributed by atoms with E-state index in [1.54, 1.807) is 0 Å². The summed E-state index contributed by atoms with van der Waals surface area (Å²) in [6.45, 7) is 5.08. The number of nitrogens with zero attached hydrogens (tertiary/aromatic N) is 3. The third-order valence-corrected chi connectivity index (χ3v) is 3.47. The number of carbonyl (C=O) groups is 1. The molecule has 1 aromatic rings. The lowest BCUT2D eigenvalue weighted by Crippen LogP contribution is -2.39. The molecule has 0 unspecified atom stereocenters. The number of carboxylic acids is 1. The molecule has 5 nitrogen and oxygen atoms in total. The van der Waals surface area contributed by atoms with Crippen LogP contribution in [-0.4, -0.2) is 44.9 Å². The number of hydrogen-bond donors (Lipinski definition) is 1. The van der Waals surface area contributed by atoms with Gasteiger partial charge in [0.25, 0.3) is 0 Å². The molecule has 0 aromatic carbocycles. The highest BCUT2D eigenvalue weighted by Crippen LogP contribution is 2.26. The molecule has 94 valence electrons. The van der Waals surface area contributed by atoms with Crippen LogP contribution in [-0.2, 0) is 4.79 Å². The molecule has 1 aromatic heterocycles. The quantitative estimate of drug-likeness (QED) is 0.857. The van der Waals surface area contributed by atoms with Crippen molar-refractivity contribution in [3.63, 3.8) is 0 Å². The van der Waals surface area contributed by atoms with E-state index < -0.39 is 5.97 Å². The fourth-order valence-corrected chi connectivity index (χ4v) is 2.60. The molecular weight excluding hydrogens is 218 g/mol. The summed E-state index contributed by atoms with van der Waals surface area (Å²) in [6, 6.07) is 2.49. The van der Waals surface area contributed by atoms with Gasteiger partial charge in [-0.05, 0) is 39.3 Å². The number of carboxylic acid groups (broad SMARTS) is 1. The van der Waals surface area contributed by atoms with E-state index in [4.69, 9.17) is 5.11 Å². The van der Waals surface area contributed by atoms with Crippen LogP contribution in [0.1, 0.15) is 31.5 Å². The summed E-state index contributed by atoms with van der Waals surface area (Å²) in [6.07, 6.45) is 4.09. The molecule has 1 fully saturated rings. The minimum absolute atomic E-state index is 0.134. The summed E-state index contributed by atoms with van der Waals surface area (Å²) in [4.78, 5) is 12.8. The van der Waals surface area contributed by atoms with Gasteiger partial charge in [-0.25, -0.2) is 0 Å². The summed E-state index contributed by atoms with van der Waals surface area (Å²) in [5, 5.41) is 13.3. The van der Waals surface area contributed by atoms with Crippen molar-refractivity contribution in [3.05, 3.63) is 18.0 Å². The van der Waals surface area contributed by atoms with E-state index in [-0.39, 0.29) is 18.6 Å². The molecular formula is C12H19N3O2. The zero-order valence-corrected chi connectivity index (χ0v) is 10.3. The molecule has 0 bridgehead atoms. The van der Waals surface area contributed by atoms with Crippen LogP contribution < -0.4 is 0 Å². The van der Waals surface area contributed by atoms with E-state index in [0.29, 0.717) is 0 Å². The highest BCUT2D eigenvalue weighted by Gasteiger charge is 2.31. The molecule has 0 aliphatic carbocycles. The maximum absolute atomic E-state index is 10.8. The van der Waals surface area contributed by atoms with E-state index in [0.717, 1.165) is 25.1 Å². The first-order valence-electron chi connectivity index (χ1n) is 6.05. The Morgan fingerprint density at radius 2 is 2.47 bits per heavy atom. The molecule has 2 rings (SSSR count). The van der Waals surface area contributed by atoms with Gasteiger partial charge in [-0.3, -0.25) is 14.4 Å². The first-order chi connectivity index (χ1) is 8.08. The van der Waals surface area contributed by atoms with Gasteiger partial charge in [0.2, 0.25) is 0 Å². The Balaban J connectivity index is 2.07. The number of aromatic nitrogens is 2. The van der Waals surface area contributed by atoms with Crippen LogP contribution in [0.2, 0.25) is 0 Å². The molecule has 1 aliphatic heterocycles. The lowest BCUT2D eigenvalue weighted by Gasteiger charge is -2.28. The Hall–Kier alpha value is -1.36. The third-order valence-electron chi connectivity index (χ3n) is 3.47. The van der Waals surface area contributed by atoms with Gasteiger partial charge >= 0.3 is 5.97 Å². The zero-order valence-electron chi connectivity index (χ0n) is 10.3. The Bertz CT molecular complexity index is 402. The van der Waals surface area contributed by atoms with Crippen molar-refractivity contribution in [2.45, 2.75) is 38.8 Å². The molecule has 2 heterocycles. The fourth-order valence-electron chi connectivity index (χ4n) is 2.60. The van der Waals surface area contributed by atoms with Gasteiger partial charge in [0.1, 0.15) is 0 Å². The molecule has 0 radical (unpaired) electrons. The molecule has 1 aliphatic rings. The van der Waals surface area contributed by atoms with Crippen LogP contribution in [0.5, 0.6) is 0 Å². The lowest BCUT2D eigenvalue weighted by atomic mass is 10.1. The zero-order chi connectivity index (χ0) is 12.4. The topological polar surface area (TPSA) is 58.4 Å². The van der Waals surface area contributed by atoms with Crippen LogP contribution in [0, 0.1) is 6.92 Å². The largest absolute Gasteiger partial charge is 0.480 e. The Labute approximate surface area is 101 Å². The first kappa shape index (κ1) is 12.1. The fraction of sp³-hybridized carbons (Fsp3) is 0.667. The Morgan fingerprint density at radius 3 is 3.06 bits per heavy atom. The number of aryl methyl sites for hydroxylation is 1. The van der Waals surface area contributed by atoms with Gasteiger partial charge in [0.15, 0.2) is 0 Å². The molecule has 0 spiro atoms. The average molecular weight is 237 g/mol. The summed E-state index contributed by atoms with van der Waals surface area (Å²) in [5.74, 6) is -0.749. The third kappa shape index (κ3) is 2.66. The van der Waals surface area contributed by atoms with E-state index in [2.05, 4.69) is 12.0 Å². The summed E-state index contributed by atoms with van der Waals surface area (Å²) in [7, 11) is 0. The molecule has 0 amide bonds. The van der Waals surface area contributed by atoms with Gasteiger partial charge in [0.05, 0.1) is 18.3 Å². The molecule has 1 N–H and O–H groups in total. The monoisotopic (exact) mass is 237 g/mol. The SMILES string of the molecule is Cc1ccn([C@H](C)[C@@H]2CCCN2CC(=O)O)n1. The maximum atomic E-state index is 10.8. The van der Waals surface area contributed by atoms with Gasteiger partial charge < -0.3 is 5.11 Å². The van der Waals surface area contributed by atoms with E-state index in [1.807, 2.05) is 28.8 Å². The second kappa shape index (κ2) is 4.87. The molecule has 0 saturated carbocycles. The van der Waals surface area contributed by atoms with Crippen LogP contribution in [0.4, 0.5) is 0 Å². The Morgan fingerprint density at radius 1 is 1.71 bits per heavy atom. The number of rotatable bonds is 4. The highest BCUT2D eigenvalue weighted by atomic mass is 16.4. The van der Waals surface area contributed by atoms with Gasteiger partial charge in [-0.2, -0.15) is 5.10 Å². The van der Waals surface area contributed by atoms with Gasteiger partial charge in [-0.1, -0.05) is 0 Å². The van der Waals surface area contributed by atoms with Crippen LogP contribution >= 0.6 is 0 Å². The smallest absolute Gasteiger partial charge is 0.317 e. The van der Waals surface area contributed by atoms with Crippen LogP contribution in [0.15, 0.2) is 12.3 Å². The number of aliphatic carboxylic acids is 1. The minimum Gasteiger partial charge on any atom is -0.480 e. The van der Waals surface area contributed by atoms with Crippen molar-refractivity contribution < 1.29 is 9.90 Å². The van der Waals surface area contributed by atoms with E-state index >= 15 is 0 Å². The number of likely N-dealkylation sites (tertiary alicyclic amines) is 1.